The molecule has 2 N–H and O–H groups in total. The average molecular weight is 445 g/mol. The highest BCUT2D eigenvalue weighted by Gasteiger charge is 2.13. The maximum absolute atomic E-state index is 13.1. The molecule has 2 aromatic heterocycles. The zero-order valence-corrected chi connectivity index (χ0v) is 18.2. The monoisotopic (exact) mass is 445 g/mol. The van der Waals surface area contributed by atoms with Crippen molar-refractivity contribution in [3.05, 3.63) is 107 Å². The molecule has 6 nitrogen and oxygen atoms in total. The number of benzene rings is 3. The number of aryl methyl sites for hydroxylation is 1. The number of aromatic nitrogens is 2. The Balaban J connectivity index is 1.43. The van der Waals surface area contributed by atoms with Gasteiger partial charge in [0.25, 0.3) is 5.91 Å². The molecule has 0 saturated heterocycles. The van der Waals surface area contributed by atoms with Gasteiger partial charge in [0.15, 0.2) is 0 Å². The van der Waals surface area contributed by atoms with Crippen molar-refractivity contribution in [2.75, 3.05) is 5.32 Å². The fraction of sp³-hybridized carbons (Fsp3) is 0.0357. The molecule has 2 heterocycles. The van der Waals surface area contributed by atoms with Crippen LogP contribution < -0.4 is 5.32 Å². The van der Waals surface area contributed by atoms with Crippen molar-refractivity contribution in [3.63, 3.8) is 0 Å². The number of aromatic carboxylic acids is 1. The number of hydrogen-bond acceptors (Lipinski definition) is 3. The molecule has 5 rings (SSSR count). The number of rotatable bonds is 3. The SMILES string of the molecule is Cn1c2ccccc2c2cc(C(=O)Nc3ccccc3C#Cc3ccc(C(=O)O)nc3)ccc21. The molecule has 0 radical (unpaired) electrons. The molecule has 0 unspecified atom stereocenters. The number of anilines is 1. The first-order valence-electron chi connectivity index (χ1n) is 10.6. The molecule has 0 saturated carbocycles. The Labute approximate surface area is 195 Å². The Morgan fingerprint density at radius 3 is 2.44 bits per heavy atom. The van der Waals surface area contributed by atoms with Crippen LogP contribution in [0.4, 0.5) is 5.69 Å². The summed E-state index contributed by atoms with van der Waals surface area (Å²) >= 11 is 0. The quantitative estimate of drug-likeness (QED) is 0.380. The number of amides is 1. The number of fused-ring (bicyclic) bond motifs is 3. The van der Waals surface area contributed by atoms with Crippen molar-refractivity contribution in [2.24, 2.45) is 7.05 Å². The standard InChI is InChI=1S/C28H19N3O3/c1-31-25-9-5-3-7-21(25)22-16-20(13-15-26(22)31)27(32)30-23-8-4-2-6-19(23)12-10-18-11-14-24(28(33)34)29-17-18/h2-9,11,13-17H,1H3,(H,30,32)(H,33,34). The second-order valence-corrected chi connectivity index (χ2v) is 7.80. The van der Waals surface area contributed by atoms with E-state index in [0.717, 1.165) is 21.8 Å². The van der Waals surface area contributed by atoms with Gasteiger partial charge in [-0.15, -0.1) is 0 Å². The molecule has 0 bridgehead atoms. The summed E-state index contributed by atoms with van der Waals surface area (Å²) in [6.45, 7) is 0. The summed E-state index contributed by atoms with van der Waals surface area (Å²) in [4.78, 5) is 27.9. The number of carbonyl (C=O) groups excluding carboxylic acids is 1. The van der Waals surface area contributed by atoms with Crippen molar-refractivity contribution in [3.8, 4) is 11.8 Å². The Kier molecular flexibility index (Phi) is 5.29. The third kappa shape index (κ3) is 3.87. The number of carboxylic acids is 1. The Bertz CT molecular complexity index is 1640. The molecule has 0 spiro atoms. The van der Waals surface area contributed by atoms with E-state index >= 15 is 0 Å². The fourth-order valence-corrected chi connectivity index (χ4v) is 3.94. The number of pyridine rings is 1. The summed E-state index contributed by atoms with van der Waals surface area (Å²) in [5.41, 5.74) is 4.50. The molecular weight excluding hydrogens is 426 g/mol. The second kappa shape index (κ2) is 8.57. The van der Waals surface area contributed by atoms with Gasteiger partial charge in [0.1, 0.15) is 5.69 Å². The smallest absolute Gasteiger partial charge is 0.354 e. The third-order valence-corrected chi connectivity index (χ3v) is 5.68. The summed E-state index contributed by atoms with van der Waals surface area (Å²) in [5, 5.41) is 14.1. The molecule has 5 aromatic rings. The van der Waals surface area contributed by atoms with Gasteiger partial charge in [-0.05, 0) is 48.5 Å². The third-order valence-electron chi connectivity index (χ3n) is 5.68. The van der Waals surface area contributed by atoms with E-state index in [1.807, 2.05) is 55.6 Å². The van der Waals surface area contributed by atoms with Gasteiger partial charge in [-0.3, -0.25) is 4.79 Å². The van der Waals surface area contributed by atoms with E-state index in [1.165, 1.54) is 12.3 Å². The molecule has 6 heteroatoms. The van der Waals surface area contributed by atoms with E-state index in [2.05, 4.69) is 38.8 Å². The highest BCUT2D eigenvalue weighted by atomic mass is 16.4. The largest absolute Gasteiger partial charge is 0.477 e. The lowest BCUT2D eigenvalue weighted by Crippen LogP contribution is -2.12. The highest BCUT2D eigenvalue weighted by molar-refractivity contribution is 6.12. The summed E-state index contributed by atoms with van der Waals surface area (Å²) in [7, 11) is 2.02. The van der Waals surface area contributed by atoms with E-state index < -0.39 is 5.97 Å². The minimum Gasteiger partial charge on any atom is -0.477 e. The van der Waals surface area contributed by atoms with Crippen LogP contribution in [0.1, 0.15) is 32.0 Å². The summed E-state index contributed by atoms with van der Waals surface area (Å²) in [6, 6.07) is 24.1. The summed E-state index contributed by atoms with van der Waals surface area (Å²) < 4.78 is 2.12. The Morgan fingerprint density at radius 2 is 1.65 bits per heavy atom. The van der Waals surface area contributed by atoms with Crippen LogP contribution in [0.2, 0.25) is 0 Å². The molecule has 0 aliphatic carbocycles. The van der Waals surface area contributed by atoms with Crippen molar-refractivity contribution in [2.45, 2.75) is 0 Å². The molecule has 3 aromatic carbocycles. The average Bonchev–Trinajstić information content (AvgIpc) is 3.15. The Hall–Kier alpha value is -4.89. The summed E-state index contributed by atoms with van der Waals surface area (Å²) in [6.07, 6.45) is 1.41. The molecule has 1 amide bonds. The van der Waals surface area contributed by atoms with Crippen LogP contribution in [0.3, 0.4) is 0 Å². The Morgan fingerprint density at radius 1 is 0.882 bits per heavy atom. The maximum Gasteiger partial charge on any atom is 0.354 e. The molecular formula is C28H19N3O3. The fourth-order valence-electron chi connectivity index (χ4n) is 3.94. The van der Waals surface area contributed by atoms with Crippen LogP contribution in [0, 0.1) is 11.8 Å². The number of nitrogens with one attached hydrogen (secondary N) is 1. The van der Waals surface area contributed by atoms with Gasteiger partial charge in [0.05, 0.1) is 5.69 Å². The van der Waals surface area contributed by atoms with Crippen molar-refractivity contribution < 1.29 is 14.7 Å². The number of nitrogens with zero attached hydrogens (tertiary/aromatic N) is 2. The van der Waals surface area contributed by atoms with E-state index in [1.54, 1.807) is 12.1 Å². The van der Waals surface area contributed by atoms with Gasteiger partial charge >= 0.3 is 5.97 Å². The minimum atomic E-state index is -1.09. The van der Waals surface area contributed by atoms with Gasteiger partial charge in [-0.25, -0.2) is 9.78 Å². The van der Waals surface area contributed by atoms with Crippen molar-refractivity contribution >= 4 is 39.4 Å². The molecule has 0 aliphatic rings. The molecule has 34 heavy (non-hydrogen) atoms. The van der Waals surface area contributed by atoms with Crippen LogP contribution in [-0.4, -0.2) is 26.5 Å². The lowest BCUT2D eigenvalue weighted by molar-refractivity contribution is 0.0690. The number of carboxylic acid groups (broad SMARTS) is 1. The second-order valence-electron chi connectivity index (χ2n) is 7.80. The van der Waals surface area contributed by atoms with E-state index in [0.29, 0.717) is 22.4 Å². The zero-order chi connectivity index (χ0) is 23.7. The molecule has 164 valence electrons. The van der Waals surface area contributed by atoms with Gasteiger partial charge in [0, 0.05) is 51.7 Å². The molecule has 0 atom stereocenters. The van der Waals surface area contributed by atoms with E-state index in [4.69, 9.17) is 5.11 Å². The normalized spacial score (nSPS) is 10.6. The van der Waals surface area contributed by atoms with Gasteiger partial charge in [0.2, 0.25) is 0 Å². The summed E-state index contributed by atoms with van der Waals surface area (Å²) in [5.74, 6) is 4.69. The zero-order valence-electron chi connectivity index (χ0n) is 18.2. The number of hydrogen-bond donors (Lipinski definition) is 2. The first kappa shape index (κ1) is 21.0. The number of carbonyl (C=O) groups is 2. The lowest BCUT2D eigenvalue weighted by atomic mass is 10.1. The molecule has 0 aliphatic heterocycles. The predicted molar refractivity (Wildman–Crippen MR) is 132 cm³/mol. The van der Waals surface area contributed by atoms with Gasteiger partial charge < -0.3 is 15.0 Å². The van der Waals surface area contributed by atoms with Crippen LogP contribution in [0.5, 0.6) is 0 Å². The van der Waals surface area contributed by atoms with E-state index in [9.17, 15) is 9.59 Å². The van der Waals surface area contributed by atoms with Gasteiger partial charge in [-0.2, -0.15) is 0 Å². The van der Waals surface area contributed by atoms with Crippen LogP contribution in [0.15, 0.2) is 85.1 Å². The molecule has 0 fully saturated rings. The predicted octanol–water partition coefficient (Wildman–Crippen LogP) is 5.08. The van der Waals surface area contributed by atoms with Crippen LogP contribution in [0.25, 0.3) is 21.8 Å². The topological polar surface area (TPSA) is 84.2 Å². The van der Waals surface area contributed by atoms with Crippen molar-refractivity contribution in [1.29, 1.82) is 0 Å². The lowest BCUT2D eigenvalue weighted by Gasteiger charge is -2.08. The first-order valence-corrected chi connectivity index (χ1v) is 10.6. The minimum absolute atomic E-state index is 0.0404. The van der Waals surface area contributed by atoms with Gasteiger partial charge in [-0.1, -0.05) is 42.2 Å². The number of para-hydroxylation sites is 2. The van der Waals surface area contributed by atoms with Crippen LogP contribution in [-0.2, 0) is 7.05 Å². The van der Waals surface area contributed by atoms with E-state index in [-0.39, 0.29) is 11.6 Å². The highest BCUT2D eigenvalue weighted by Crippen LogP contribution is 2.29. The first-order chi connectivity index (χ1) is 16.5. The van der Waals surface area contributed by atoms with Crippen molar-refractivity contribution in [1.82, 2.24) is 9.55 Å². The maximum atomic E-state index is 13.1. The van der Waals surface area contributed by atoms with Crippen LogP contribution >= 0.6 is 0 Å².